The van der Waals surface area contributed by atoms with Crippen molar-refractivity contribution < 1.29 is 22.4 Å². The Morgan fingerprint density at radius 2 is 1.74 bits per heavy atom. The summed E-state index contributed by atoms with van der Waals surface area (Å²) in [6.07, 6.45) is 1.67. The fraction of sp³-hybridized carbons (Fsp3) is 0.312. The van der Waals surface area contributed by atoms with E-state index in [9.17, 15) is 13.2 Å². The predicted octanol–water partition coefficient (Wildman–Crippen LogP) is 2.59. The topological polar surface area (TPSA) is 76.8 Å². The molecule has 2 aromatic rings. The van der Waals surface area contributed by atoms with Crippen LogP contribution in [0.5, 0.6) is 5.75 Å². The van der Waals surface area contributed by atoms with Gasteiger partial charge in [0.1, 0.15) is 5.75 Å². The highest BCUT2D eigenvalue weighted by Gasteiger charge is 2.30. The number of furan rings is 1. The second kappa shape index (κ2) is 6.17. The van der Waals surface area contributed by atoms with Crippen LogP contribution in [0.25, 0.3) is 0 Å². The molecule has 1 aromatic carbocycles. The number of carbonyl (C=O) groups is 1. The van der Waals surface area contributed by atoms with Crippen LogP contribution in [0.15, 0.2) is 45.9 Å². The maximum absolute atomic E-state index is 12.3. The van der Waals surface area contributed by atoms with Crippen LogP contribution in [0.4, 0.5) is 0 Å². The predicted molar refractivity (Wildman–Crippen MR) is 82.8 cm³/mol. The molecule has 0 aliphatic carbocycles. The first-order valence-corrected chi connectivity index (χ1v) is 8.80. The molecule has 0 atom stereocenters. The number of nitrogens with zero attached hydrogens (tertiary/aromatic N) is 1. The van der Waals surface area contributed by atoms with E-state index in [4.69, 9.17) is 9.15 Å². The molecule has 6 nitrogen and oxygen atoms in total. The largest absolute Gasteiger partial charge is 0.436 e. The van der Waals surface area contributed by atoms with E-state index in [2.05, 4.69) is 0 Å². The second-order valence-electron chi connectivity index (χ2n) is 5.43. The first-order chi connectivity index (χ1) is 11.0. The number of aryl methyl sites for hydroxylation is 1. The summed E-state index contributed by atoms with van der Waals surface area (Å²) in [6.45, 7) is 2.88. The summed E-state index contributed by atoms with van der Waals surface area (Å²) in [5, 5.41) is -0.227. The third-order valence-electron chi connectivity index (χ3n) is 3.67. The van der Waals surface area contributed by atoms with Gasteiger partial charge < -0.3 is 9.15 Å². The average molecular weight is 335 g/mol. The molecule has 0 amide bonds. The van der Waals surface area contributed by atoms with Gasteiger partial charge in [0.25, 0.3) is 10.0 Å². The molecule has 122 valence electrons. The molecule has 23 heavy (non-hydrogen) atoms. The summed E-state index contributed by atoms with van der Waals surface area (Å²) >= 11 is 0. The molecule has 0 saturated carbocycles. The monoisotopic (exact) mass is 335 g/mol. The maximum atomic E-state index is 12.3. The Morgan fingerprint density at radius 3 is 2.39 bits per heavy atom. The SMILES string of the molecule is Cc1ccc(OC(=O)c2ccc(S(=O)(=O)N3CCCC3)o2)cc1. The van der Waals surface area contributed by atoms with E-state index in [-0.39, 0.29) is 10.9 Å². The van der Waals surface area contributed by atoms with E-state index < -0.39 is 16.0 Å². The minimum absolute atomic E-state index is 0.136. The van der Waals surface area contributed by atoms with Crippen molar-refractivity contribution in [3.8, 4) is 5.75 Å². The summed E-state index contributed by atoms with van der Waals surface area (Å²) in [7, 11) is -3.67. The lowest BCUT2D eigenvalue weighted by Crippen LogP contribution is -2.27. The molecule has 1 saturated heterocycles. The lowest BCUT2D eigenvalue weighted by molar-refractivity contribution is 0.0695. The first kappa shape index (κ1) is 15.8. The van der Waals surface area contributed by atoms with Crippen molar-refractivity contribution >= 4 is 16.0 Å². The Hall–Kier alpha value is -2.12. The zero-order valence-corrected chi connectivity index (χ0v) is 13.5. The van der Waals surface area contributed by atoms with Gasteiger partial charge in [-0.3, -0.25) is 0 Å². The summed E-state index contributed by atoms with van der Waals surface area (Å²) in [6, 6.07) is 9.57. The van der Waals surface area contributed by atoms with Gasteiger partial charge in [0.2, 0.25) is 10.9 Å². The lowest BCUT2D eigenvalue weighted by Gasteiger charge is -2.12. The molecule has 7 heteroatoms. The van der Waals surface area contributed by atoms with Crippen LogP contribution in [0.1, 0.15) is 29.0 Å². The van der Waals surface area contributed by atoms with Gasteiger partial charge in [0.05, 0.1) is 0 Å². The van der Waals surface area contributed by atoms with Crippen LogP contribution in [-0.4, -0.2) is 31.8 Å². The van der Waals surface area contributed by atoms with Gasteiger partial charge in [-0.25, -0.2) is 13.2 Å². The minimum Gasteiger partial charge on any atom is -0.436 e. The summed E-state index contributed by atoms with van der Waals surface area (Å²) < 4.78 is 36.4. The highest BCUT2D eigenvalue weighted by Crippen LogP contribution is 2.23. The number of hydrogen-bond donors (Lipinski definition) is 0. The Balaban J connectivity index is 1.76. The van der Waals surface area contributed by atoms with E-state index in [1.165, 1.54) is 16.4 Å². The van der Waals surface area contributed by atoms with Gasteiger partial charge in [0.15, 0.2) is 0 Å². The van der Waals surface area contributed by atoms with Gasteiger partial charge >= 0.3 is 5.97 Å². The van der Waals surface area contributed by atoms with Crippen LogP contribution in [-0.2, 0) is 10.0 Å². The number of esters is 1. The molecule has 0 spiro atoms. The molecular weight excluding hydrogens is 318 g/mol. The minimum atomic E-state index is -3.67. The fourth-order valence-electron chi connectivity index (χ4n) is 2.39. The van der Waals surface area contributed by atoms with Crippen molar-refractivity contribution in [2.24, 2.45) is 0 Å². The van der Waals surface area contributed by atoms with E-state index in [0.29, 0.717) is 18.8 Å². The van der Waals surface area contributed by atoms with Gasteiger partial charge in [-0.05, 0) is 44.0 Å². The Labute approximate surface area is 134 Å². The third-order valence-corrected chi connectivity index (χ3v) is 5.45. The van der Waals surface area contributed by atoms with E-state index >= 15 is 0 Å². The number of sulfonamides is 1. The number of rotatable bonds is 4. The summed E-state index contributed by atoms with van der Waals surface area (Å²) in [5.41, 5.74) is 1.04. The fourth-order valence-corrected chi connectivity index (χ4v) is 3.82. The average Bonchev–Trinajstić information content (AvgIpc) is 3.21. The number of carbonyl (C=O) groups excluding carboxylic acids is 1. The summed E-state index contributed by atoms with van der Waals surface area (Å²) in [4.78, 5) is 12.0. The van der Waals surface area contributed by atoms with Crippen molar-refractivity contribution in [2.45, 2.75) is 24.9 Å². The van der Waals surface area contributed by atoms with Crippen LogP contribution < -0.4 is 4.74 Å². The molecule has 0 N–H and O–H groups in total. The first-order valence-electron chi connectivity index (χ1n) is 7.36. The highest BCUT2D eigenvalue weighted by atomic mass is 32.2. The van der Waals surface area contributed by atoms with Crippen molar-refractivity contribution in [1.82, 2.24) is 4.31 Å². The van der Waals surface area contributed by atoms with E-state index in [1.807, 2.05) is 19.1 Å². The zero-order chi connectivity index (χ0) is 16.4. The lowest BCUT2D eigenvalue weighted by atomic mass is 10.2. The van der Waals surface area contributed by atoms with Gasteiger partial charge in [-0.15, -0.1) is 0 Å². The Morgan fingerprint density at radius 1 is 1.09 bits per heavy atom. The van der Waals surface area contributed by atoms with Crippen LogP contribution in [0.2, 0.25) is 0 Å². The Bertz CT molecular complexity index is 801. The van der Waals surface area contributed by atoms with Gasteiger partial charge in [-0.2, -0.15) is 4.31 Å². The molecular formula is C16H17NO5S. The molecule has 1 aromatic heterocycles. The smallest absolute Gasteiger partial charge is 0.379 e. The molecule has 0 radical (unpaired) electrons. The molecule has 1 aliphatic heterocycles. The third kappa shape index (κ3) is 3.30. The molecule has 1 aliphatic rings. The Kier molecular flexibility index (Phi) is 4.23. The summed E-state index contributed by atoms with van der Waals surface area (Å²) in [5.74, 6) is -0.485. The molecule has 1 fully saturated rings. The zero-order valence-electron chi connectivity index (χ0n) is 12.7. The van der Waals surface area contributed by atoms with Crippen molar-refractivity contribution in [3.05, 3.63) is 47.7 Å². The van der Waals surface area contributed by atoms with Crippen LogP contribution in [0.3, 0.4) is 0 Å². The molecule has 3 rings (SSSR count). The number of hydrogen-bond acceptors (Lipinski definition) is 5. The molecule has 0 unspecified atom stereocenters. The van der Waals surface area contributed by atoms with Crippen LogP contribution in [0, 0.1) is 6.92 Å². The van der Waals surface area contributed by atoms with E-state index in [0.717, 1.165) is 18.4 Å². The molecule has 2 heterocycles. The van der Waals surface area contributed by atoms with E-state index in [1.54, 1.807) is 12.1 Å². The maximum Gasteiger partial charge on any atom is 0.379 e. The standard InChI is InChI=1S/C16H17NO5S/c1-12-4-6-13(7-5-12)21-16(18)14-8-9-15(22-14)23(19,20)17-10-2-3-11-17/h4-9H,2-3,10-11H2,1H3. The highest BCUT2D eigenvalue weighted by molar-refractivity contribution is 7.89. The van der Waals surface area contributed by atoms with Crippen molar-refractivity contribution in [2.75, 3.05) is 13.1 Å². The number of benzene rings is 1. The van der Waals surface area contributed by atoms with Crippen molar-refractivity contribution in [1.29, 1.82) is 0 Å². The quantitative estimate of drug-likeness (QED) is 0.634. The molecule has 0 bridgehead atoms. The van der Waals surface area contributed by atoms with Gasteiger partial charge in [-0.1, -0.05) is 17.7 Å². The number of ether oxygens (including phenoxy) is 1. The van der Waals surface area contributed by atoms with Crippen LogP contribution >= 0.6 is 0 Å². The second-order valence-corrected chi connectivity index (χ2v) is 7.30. The van der Waals surface area contributed by atoms with Gasteiger partial charge in [0, 0.05) is 13.1 Å². The normalized spacial score (nSPS) is 15.7. The van der Waals surface area contributed by atoms with Crippen molar-refractivity contribution in [3.63, 3.8) is 0 Å².